The van der Waals surface area contributed by atoms with Gasteiger partial charge in [-0.3, -0.25) is 9.59 Å². The Labute approximate surface area is 150 Å². The maximum absolute atomic E-state index is 12.5. The lowest BCUT2D eigenvalue weighted by molar-refractivity contribution is 0.0707. The maximum Gasteiger partial charge on any atom is 0.289 e. The van der Waals surface area contributed by atoms with Crippen molar-refractivity contribution in [2.24, 2.45) is 7.05 Å². The van der Waals surface area contributed by atoms with Crippen LogP contribution in [0.5, 0.6) is 0 Å². The summed E-state index contributed by atoms with van der Waals surface area (Å²) in [5, 5.41) is 2.84. The first kappa shape index (κ1) is 16.3. The number of carbonyl (C=O) groups excluding carboxylic acids is 2. The zero-order chi connectivity index (χ0) is 18.3. The summed E-state index contributed by atoms with van der Waals surface area (Å²) in [6, 6.07) is 7.82. The third-order valence-electron chi connectivity index (χ3n) is 4.77. The van der Waals surface area contributed by atoms with E-state index in [2.05, 4.69) is 15.3 Å². The highest BCUT2D eigenvalue weighted by atomic mass is 16.2. The Morgan fingerprint density at radius 2 is 2.04 bits per heavy atom. The average Bonchev–Trinajstić information content (AvgIpc) is 3.23. The number of nitrogens with one attached hydrogen (secondary N) is 1. The molecular weight excluding hydrogens is 332 g/mol. The van der Waals surface area contributed by atoms with Crippen molar-refractivity contribution < 1.29 is 9.59 Å². The number of likely N-dealkylation sites (N-methyl/N-ethyl adjacent to an activating group) is 1. The van der Waals surface area contributed by atoms with Gasteiger partial charge in [-0.2, -0.15) is 0 Å². The predicted molar refractivity (Wildman–Crippen MR) is 95.7 cm³/mol. The lowest BCUT2D eigenvalue weighted by atomic mass is 10.3. The molecule has 26 heavy (non-hydrogen) atoms. The standard InChI is InChI=1S/C18H20N6O2/c1-3-23-8-9-24-11-13(21-16(24)18(23)26)17(25)19-10-15-20-12-6-4-5-7-14(12)22(15)2/h4-7,11H,3,8-10H2,1-2H3,(H,19,25). The number of aromatic nitrogens is 4. The molecule has 0 saturated carbocycles. The molecule has 0 fully saturated rings. The lowest BCUT2D eigenvalue weighted by Crippen LogP contribution is -2.40. The zero-order valence-electron chi connectivity index (χ0n) is 14.8. The van der Waals surface area contributed by atoms with E-state index in [1.54, 1.807) is 15.7 Å². The van der Waals surface area contributed by atoms with Crippen molar-refractivity contribution in [1.82, 2.24) is 29.3 Å². The molecule has 0 atom stereocenters. The number of nitrogens with zero attached hydrogens (tertiary/aromatic N) is 5. The molecule has 0 aliphatic carbocycles. The molecule has 2 amide bonds. The number of amides is 2. The van der Waals surface area contributed by atoms with E-state index in [0.717, 1.165) is 16.9 Å². The molecule has 1 N–H and O–H groups in total. The molecule has 2 aromatic heterocycles. The molecule has 1 aliphatic heterocycles. The van der Waals surface area contributed by atoms with Gasteiger partial charge in [0, 0.05) is 32.9 Å². The molecule has 1 aromatic carbocycles. The van der Waals surface area contributed by atoms with Gasteiger partial charge in [-0.05, 0) is 19.1 Å². The normalized spacial score (nSPS) is 13.9. The van der Waals surface area contributed by atoms with Gasteiger partial charge >= 0.3 is 0 Å². The Hall–Kier alpha value is -3.16. The maximum atomic E-state index is 12.5. The van der Waals surface area contributed by atoms with Crippen LogP contribution >= 0.6 is 0 Å². The van der Waals surface area contributed by atoms with Gasteiger partial charge in [-0.25, -0.2) is 9.97 Å². The van der Waals surface area contributed by atoms with Crippen LogP contribution in [0.2, 0.25) is 0 Å². The number of aryl methyl sites for hydroxylation is 1. The molecule has 134 valence electrons. The van der Waals surface area contributed by atoms with Crippen LogP contribution in [0.1, 0.15) is 33.9 Å². The van der Waals surface area contributed by atoms with Gasteiger partial charge in [-0.15, -0.1) is 0 Å². The second kappa shape index (κ2) is 6.29. The van der Waals surface area contributed by atoms with Crippen molar-refractivity contribution in [3.05, 3.63) is 47.8 Å². The molecule has 0 radical (unpaired) electrons. The lowest BCUT2D eigenvalue weighted by Gasteiger charge is -2.25. The van der Waals surface area contributed by atoms with Crippen LogP contribution in [-0.4, -0.2) is 48.9 Å². The minimum absolute atomic E-state index is 0.131. The second-order valence-electron chi connectivity index (χ2n) is 6.29. The van der Waals surface area contributed by atoms with E-state index in [-0.39, 0.29) is 17.5 Å². The van der Waals surface area contributed by atoms with Crippen LogP contribution in [0, 0.1) is 0 Å². The summed E-state index contributed by atoms with van der Waals surface area (Å²) < 4.78 is 3.70. The first-order valence-corrected chi connectivity index (χ1v) is 8.63. The molecule has 8 nitrogen and oxygen atoms in total. The molecule has 4 rings (SSSR count). The highest BCUT2D eigenvalue weighted by Crippen LogP contribution is 2.15. The van der Waals surface area contributed by atoms with E-state index in [1.807, 2.05) is 42.8 Å². The number of carbonyl (C=O) groups is 2. The molecule has 0 unspecified atom stereocenters. The fraction of sp³-hybridized carbons (Fsp3) is 0.333. The van der Waals surface area contributed by atoms with Crippen molar-refractivity contribution in [3.8, 4) is 0 Å². The van der Waals surface area contributed by atoms with Gasteiger partial charge in [0.05, 0.1) is 17.6 Å². The minimum Gasteiger partial charge on any atom is -0.343 e. The number of para-hydroxylation sites is 2. The Morgan fingerprint density at radius 1 is 1.23 bits per heavy atom. The van der Waals surface area contributed by atoms with Crippen LogP contribution in [0.4, 0.5) is 0 Å². The van der Waals surface area contributed by atoms with Gasteiger partial charge in [0.15, 0.2) is 5.82 Å². The second-order valence-corrected chi connectivity index (χ2v) is 6.29. The summed E-state index contributed by atoms with van der Waals surface area (Å²) in [5.74, 6) is 0.644. The summed E-state index contributed by atoms with van der Waals surface area (Å²) >= 11 is 0. The summed E-state index contributed by atoms with van der Waals surface area (Å²) in [6.07, 6.45) is 1.64. The van der Waals surface area contributed by atoms with E-state index in [9.17, 15) is 9.59 Å². The minimum atomic E-state index is -0.310. The third kappa shape index (κ3) is 2.63. The number of hydrogen-bond acceptors (Lipinski definition) is 4. The van der Waals surface area contributed by atoms with Crippen LogP contribution in [0.25, 0.3) is 11.0 Å². The highest BCUT2D eigenvalue weighted by Gasteiger charge is 2.27. The smallest absolute Gasteiger partial charge is 0.289 e. The fourth-order valence-electron chi connectivity index (χ4n) is 3.24. The number of imidazole rings is 2. The molecule has 0 saturated heterocycles. The molecule has 3 heterocycles. The molecule has 1 aliphatic rings. The SMILES string of the molecule is CCN1CCn2cc(C(=O)NCc3nc4ccccc4n3C)nc2C1=O. The van der Waals surface area contributed by atoms with Crippen molar-refractivity contribution in [1.29, 1.82) is 0 Å². The predicted octanol–water partition coefficient (Wildman–Crippen LogP) is 1.18. The Bertz CT molecular complexity index is 1000. The van der Waals surface area contributed by atoms with Gasteiger partial charge < -0.3 is 19.4 Å². The van der Waals surface area contributed by atoms with Crippen LogP contribution in [-0.2, 0) is 20.1 Å². The van der Waals surface area contributed by atoms with Crippen LogP contribution < -0.4 is 5.32 Å². The van der Waals surface area contributed by atoms with E-state index < -0.39 is 0 Å². The van der Waals surface area contributed by atoms with Crippen molar-refractivity contribution >= 4 is 22.8 Å². The zero-order valence-corrected chi connectivity index (χ0v) is 14.8. The summed E-state index contributed by atoms with van der Waals surface area (Å²) in [7, 11) is 1.92. The molecule has 0 spiro atoms. The van der Waals surface area contributed by atoms with Gasteiger partial charge in [0.2, 0.25) is 0 Å². The van der Waals surface area contributed by atoms with Gasteiger partial charge in [0.25, 0.3) is 11.8 Å². The highest BCUT2D eigenvalue weighted by molar-refractivity contribution is 5.96. The van der Waals surface area contributed by atoms with Gasteiger partial charge in [-0.1, -0.05) is 12.1 Å². The van der Waals surface area contributed by atoms with Gasteiger partial charge in [0.1, 0.15) is 11.5 Å². The molecular formula is C18H20N6O2. The van der Waals surface area contributed by atoms with Crippen molar-refractivity contribution in [2.45, 2.75) is 20.0 Å². The van der Waals surface area contributed by atoms with E-state index >= 15 is 0 Å². The molecule has 0 bridgehead atoms. The third-order valence-corrected chi connectivity index (χ3v) is 4.77. The number of fused-ring (bicyclic) bond motifs is 2. The largest absolute Gasteiger partial charge is 0.343 e. The van der Waals surface area contributed by atoms with E-state index in [4.69, 9.17) is 0 Å². The summed E-state index contributed by atoms with van der Waals surface area (Å²) in [5.41, 5.74) is 2.16. The number of benzene rings is 1. The van der Waals surface area contributed by atoms with E-state index in [0.29, 0.717) is 32.0 Å². The Morgan fingerprint density at radius 3 is 2.81 bits per heavy atom. The fourth-order valence-corrected chi connectivity index (χ4v) is 3.24. The summed E-state index contributed by atoms with van der Waals surface area (Å²) in [6.45, 7) is 4.15. The summed E-state index contributed by atoms with van der Waals surface area (Å²) in [4.78, 5) is 35.3. The number of hydrogen-bond donors (Lipinski definition) is 1. The number of rotatable bonds is 4. The monoisotopic (exact) mass is 352 g/mol. The Balaban J connectivity index is 1.50. The quantitative estimate of drug-likeness (QED) is 0.764. The van der Waals surface area contributed by atoms with Crippen LogP contribution in [0.15, 0.2) is 30.5 Å². The van der Waals surface area contributed by atoms with Crippen molar-refractivity contribution in [3.63, 3.8) is 0 Å². The molecule has 3 aromatic rings. The topological polar surface area (TPSA) is 85.1 Å². The first-order valence-electron chi connectivity index (χ1n) is 8.63. The van der Waals surface area contributed by atoms with Crippen LogP contribution in [0.3, 0.4) is 0 Å². The first-order chi connectivity index (χ1) is 12.6. The average molecular weight is 352 g/mol. The van der Waals surface area contributed by atoms with E-state index in [1.165, 1.54) is 0 Å². The van der Waals surface area contributed by atoms with Crippen molar-refractivity contribution in [2.75, 3.05) is 13.1 Å². The molecule has 8 heteroatoms. The Kier molecular flexibility index (Phi) is 3.95.